The second kappa shape index (κ2) is 4.98. The highest BCUT2D eigenvalue weighted by molar-refractivity contribution is 7.90. The molecule has 0 saturated carbocycles. The highest BCUT2D eigenvalue weighted by Crippen LogP contribution is 2.28. The number of hydrogen-bond acceptors (Lipinski definition) is 3. The van der Waals surface area contributed by atoms with Crippen molar-refractivity contribution in [1.29, 1.82) is 0 Å². The summed E-state index contributed by atoms with van der Waals surface area (Å²) in [6, 6.07) is 5.33. The standard InChI is InChI=1S/C14H20N2O2S/c1-10-12(5-4-8-15)13-9-11(19(3,17)18)6-7-14(13)16(10)2/h6-7,9H,4-5,8,15H2,1-3H3. The Morgan fingerprint density at radius 2 is 2.00 bits per heavy atom. The summed E-state index contributed by atoms with van der Waals surface area (Å²) >= 11 is 0. The lowest BCUT2D eigenvalue weighted by molar-refractivity contribution is 0.602. The summed E-state index contributed by atoms with van der Waals surface area (Å²) in [5, 5.41) is 1.02. The largest absolute Gasteiger partial charge is 0.348 e. The van der Waals surface area contributed by atoms with E-state index in [1.165, 1.54) is 17.5 Å². The first-order valence-electron chi connectivity index (χ1n) is 6.34. The molecule has 0 aliphatic heterocycles. The van der Waals surface area contributed by atoms with E-state index >= 15 is 0 Å². The van der Waals surface area contributed by atoms with Gasteiger partial charge in [0.2, 0.25) is 0 Å². The van der Waals surface area contributed by atoms with E-state index in [9.17, 15) is 8.42 Å². The van der Waals surface area contributed by atoms with E-state index < -0.39 is 9.84 Å². The molecular formula is C14H20N2O2S. The normalized spacial score (nSPS) is 12.2. The van der Waals surface area contributed by atoms with Gasteiger partial charge >= 0.3 is 0 Å². The Balaban J connectivity index is 2.69. The molecule has 19 heavy (non-hydrogen) atoms. The molecule has 104 valence electrons. The third-order valence-corrected chi connectivity index (χ3v) is 4.76. The van der Waals surface area contributed by atoms with E-state index in [0.29, 0.717) is 11.4 Å². The molecule has 1 aromatic heterocycles. The van der Waals surface area contributed by atoms with Crippen LogP contribution in [0.3, 0.4) is 0 Å². The quantitative estimate of drug-likeness (QED) is 0.928. The van der Waals surface area contributed by atoms with Crippen LogP contribution in [-0.2, 0) is 23.3 Å². The number of nitrogens with two attached hydrogens (primary N) is 1. The average molecular weight is 280 g/mol. The highest BCUT2D eigenvalue weighted by Gasteiger charge is 2.15. The van der Waals surface area contributed by atoms with Crippen molar-refractivity contribution in [2.45, 2.75) is 24.7 Å². The molecule has 0 aliphatic rings. The first-order valence-corrected chi connectivity index (χ1v) is 8.23. The van der Waals surface area contributed by atoms with Gasteiger partial charge in [-0.05, 0) is 50.1 Å². The van der Waals surface area contributed by atoms with Gasteiger partial charge in [-0.3, -0.25) is 0 Å². The van der Waals surface area contributed by atoms with Crippen molar-refractivity contribution < 1.29 is 8.42 Å². The van der Waals surface area contributed by atoms with Gasteiger partial charge in [0.1, 0.15) is 0 Å². The summed E-state index contributed by atoms with van der Waals surface area (Å²) in [4.78, 5) is 0.375. The minimum atomic E-state index is -3.17. The molecule has 2 rings (SSSR count). The molecule has 0 spiro atoms. The summed E-state index contributed by atoms with van der Waals surface area (Å²) in [7, 11) is -1.17. The number of benzene rings is 1. The van der Waals surface area contributed by atoms with Crippen LogP contribution in [0, 0.1) is 6.92 Å². The number of aromatic nitrogens is 1. The van der Waals surface area contributed by atoms with Gasteiger partial charge in [0.05, 0.1) is 4.90 Å². The number of fused-ring (bicyclic) bond motifs is 1. The fourth-order valence-corrected chi connectivity index (χ4v) is 3.10. The Labute approximate surface area is 114 Å². The predicted octanol–water partition coefficient (Wildman–Crippen LogP) is 1.78. The average Bonchev–Trinajstić information content (AvgIpc) is 2.59. The monoisotopic (exact) mass is 280 g/mol. The van der Waals surface area contributed by atoms with Crippen LogP contribution in [0.2, 0.25) is 0 Å². The summed E-state index contributed by atoms with van der Waals surface area (Å²) in [5.41, 5.74) is 9.02. The fourth-order valence-electron chi connectivity index (χ4n) is 2.45. The molecule has 0 saturated heterocycles. The third kappa shape index (κ3) is 2.53. The van der Waals surface area contributed by atoms with Crippen LogP contribution in [-0.4, -0.2) is 25.8 Å². The molecule has 2 N–H and O–H groups in total. The van der Waals surface area contributed by atoms with Gasteiger partial charge in [-0.2, -0.15) is 0 Å². The number of sulfone groups is 1. The first kappa shape index (κ1) is 14.1. The summed E-state index contributed by atoms with van der Waals surface area (Å²) in [6.45, 7) is 2.70. The van der Waals surface area contributed by atoms with Gasteiger partial charge in [0.25, 0.3) is 0 Å². The van der Waals surface area contributed by atoms with Gasteiger partial charge in [0, 0.05) is 29.9 Å². The Morgan fingerprint density at radius 3 is 2.58 bits per heavy atom. The summed E-state index contributed by atoms with van der Waals surface area (Å²) in [5.74, 6) is 0. The minimum absolute atomic E-state index is 0.375. The maximum absolute atomic E-state index is 11.7. The Bertz CT molecular complexity index is 715. The van der Waals surface area contributed by atoms with E-state index in [2.05, 4.69) is 11.5 Å². The second-order valence-electron chi connectivity index (χ2n) is 4.97. The molecule has 5 heteroatoms. The molecule has 0 unspecified atom stereocenters. The van der Waals surface area contributed by atoms with Gasteiger partial charge < -0.3 is 10.3 Å². The molecule has 4 nitrogen and oxygen atoms in total. The number of rotatable bonds is 4. The van der Waals surface area contributed by atoms with E-state index in [-0.39, 0.29) is 0 Å². The van der Waals surface area contributed by atoms with E-state index in [1.54, 1.807) is 12.1 Å². The van der Waals surface area contributed by atoms with Crippen molar-refractivity contribution in [3.05, 3.63) is 29.5 Å². The predicted molar refractivity (Wildman–Crippen MR) is 78.1 cm³/mol. The lowest BCUT2D eigenvalue weighted by Crippen LogP contribution is -2.01. The maximum Gasteiger partial charge on any atom is 0.175 e. The van der Waals surface area contributed by atoms with Gasteiger partial charge in [-0.15, -0.1) is 0 Å². The van der Waals surface area contributed by atoms with Crippen LogP contribution in [0.25, 0.3) is 10.9 Å². The molecular weight excluding hydrogens is 260 g/mol. The van der Waals surface area contributed by atoms with Crippen LogP contribution in [0.4, 0.5) is 0 Å². The first-order chi connectivity index (χ1) is 8.86. The Kier molecular flexibility index (Phi) is 3.69. The zero-order valence-corrected chi connectivity index (χ0v) is 12.4. The Hall–Kier alpha value is -1.33. The zero-order valence-electron chi connectivity index (χ0n) is 11.6. The zero-order chi connectivity index (χ0) is 14.2. The van der Waals surface area contributed by atoms with Crippen molar-refractivity contribution in [1.82, 2.24) is 4.57 Å². The fraction of sp³-hybridized carbons (Fsp3) is 0.429. The number of aryl methyl sites for hydroxylation is 2. The molecule has 0 radical (unpaired) electrons. The molecule has 0 aliphatic carbocycles. The smallest absolute Gasteiger partial charge is 0.175 e. The van der Waals surface area contributed by atoms with Crippen LogP contribution >= 0.6 is 0 Å². The van der Waals surface area contributed by atoms with Gasteiger partial charge in [-0.25, -0.2) is 8.42 Å². The van der Waals surface area contributed by atoms with Crippen molar-refractivity contribution in [3.63, 3.8) is 0 Å². The van der Waals surface area contributed by atoms with E-state index in [0.717, 1.165) is 23.7 Å². The number of hydrogen-bond donors (Lipinski definition) is 1. The molecule has 1 aromatic carbocycles. The van der Waals surface area contributed by atoms with E-state index in [4.69, 9.17) is 5.73 Å². The van der Waals surface area contributed by atoms with Crippen LogP contribution in [0.1, 0.15) is 17.7 Å². The molecule has 0 amide bonds. The second-order valence-corrected chi connectivity index (χ2v) is 6.98. The van der Waals surface area contributed by atoms with Crippen molar-refractivity contribution in [3.8, 4) is 0 Å². The van der Waals surface area contributed by atoms with Crippen molar-refractivity contribution in [2.75, 3.05) is 12.8 Å². The number of nitrogens with zero attached hydrogens (tertiary/aromatic N) is 1. The molecule has 0 bridgehead atoms. The third-order valence-electron chi connectivity index (χ3n) is 3.65. The Morgan fingerprint density at radius 1 is 1.32 bits per heavy atom. The van der Waals surface area contributed by atoms with E-state index in [1.807, 2.05) is 13.1 Å². The summed E-state index contributed by atoms with van der Waals surface area (Å²) in [6.07, 6.45) is 3.03. The van der Waals surface area contributed by atoms with Crippen LogP contribution in [0.15, 0.2) is 23.1 Å². The van der Waals surface area contributed by atoms with Crippen molar-refractivity contribution in [2.24, 2.45) is 12.8 Å². The SMILES string of the molecule is Cc1c(CCCN)c2cc(S(C)(=O)=O)ccc2n1C. The minimum Gasteiger partial charge on any atom is -0.348 e. The summed E-state index contributed by atoms with van der Waals surface area (Å²) < 4.78 is 25.4. The highest BCUT2D eigenvalue weighted by atomic mass is 32.2. The van der Waals surface area contributed by atoms with Crippen LogP contribution in [0.5, 0.6) is 0 Å². The molecule has 2 aromatic rings. The molecule has 1 heterocycles. The molecule has 0 atom stereocenters. The topological polar surface area (TPSA) is 65.1 Å². The van der Waals surface area contributed by atoms with Crippen LogP contribution < -0.4 is 5.73 Å². The molecule has 0 fully saturated rings. The van der Waals surface area contributed by atoms with Gasteiger partial charge in [0.15, 0.2) is 9.84 Å². The van der Waals surface area contributed by atoms with Gasteiger partial charge in [-0.1, -0.05) is 0 Å². The maximum atomic E-state index is 11.7. The lowest BCUT2D eigenvalue weighted by Gasteiger charge is -2.02. The lowest BCUT2D eigenvalue weighted by atomic mass is 10.1. The van der Waals surface area contributed by atoms with Crippen molar-refractivity contribution >= 4 is 20.7 Å².